The predicted molar refractivity (Wildman–Crippen MR) is 102 cm³/mol. The van der Waals surface area contributed by atoms with Gasteiger partial charge in [0.1, 0.15) is 5.75 Å². The summed E-state index contributed by atoms with van der Waals surface area (Å²) in [5.74, 6) is 0.896. The van der Waals surface area contributed by atoms with Crippen molar-refractivity contribution in [2.75, 3.05) is 13.7 Å². The molecule has 3 heterocycles. The number of pyridine rings is 1. The molecule has 0 spiro atoms. The molecule has 0 saturated carbocycles. The maximum absolute atomic E-state index is 13.0. The van der Waals surface area contributed by atoms with Gasteiger partial charge in [-0.2, -0.15) is 5.10 Å². The fourth-order valence-electron chi connectivity index (χ4n) is 3.74. The quantitative estimate of drug-likeness (QED) is 0.755. The zero-order valence-corrected chi connectivity index (χ0v) is 15.3. The number of carbonyl (C=O) groups excluding carboxylic acids is 1. The number of aromatic nitrogens is 3. The van der Waals surface area contributed by atoms with E-state index in [0.717, 1.165) is 47.5 Å². The normalized spacial score (nSPS) is 16.5. The molecule has 4 rings (SSSR count). The van der Waals surface area contributed by atoms with E-state index >= 15 is 0 Å². The van der Waals surface area contributed by atoms with E-state index in [0.29, 0.717) is 6.42 Å². The summed E-state index contributed by atoms with van der Waals surface area (Å²) >= 11 is 0. The van der Waals surface area contributed by atoms with E-state index in [-0.39, 0.29) is 11.9 Å². The molecular weight excluding hydrogens is 340 g/mol. The van der Waals surface area contributed by atoms with Gasteiger partial charge in [-0.05, 0) is 48.2 Å². The number of likely N-dealkylation sites (tertiary alicyclic amines) is 1. The van der Waals surface area contributed by atoms with Crippen molar-refractivity contribution in [3.05, 3.63) is 66.2 Å². The zero-order chi connectivity index (χ0) is 18.6. The SMILES string of the molecule is COc1cccc(CC(=O)N2CCC[C@H]2c2[nH]ncc2-c2ccncc2)c1. The van der Waals surface area contributed by atoms with E-state index in [1.807, 2.05) is 47.5 Å². The highest BCUT2D eigenvalue weighted by Gasteiger charge is 2.32. The lowest BCUT2D eigenvalue weighted by molar-refractivity contribution is -0.131. The summed E-state index contributed by atoms with van der Waals surface area (Å²) in [5, 5.41) is 7.37. The molecule has 3 aromatic rings. The third kappa shape index (κ3) is 3.56. The Bertz CT molecular complexity index is 923. The lowest BCUT2D eigenvalue weighted by atomic mass is 10.0. The monoisotopic (exact) mass is 362 g/mol. The summed E-state index contributed by atoms with van der Waals surface area (Å²) in [6.45, 7) is 0.766. The smallest absolute Gasteiger partial charge is 0.227 e. The molecule has 1 aliphatic rings. The molecule has 27 heavy (non-hydrogen) atoms. The van der Waals surface area contributed by atoms with Crippen molar-refractivity contribution in [2.24, 2.45) is 0 Å². The zero-order valence-electron chi connectivity index (χ0n) is 15.3. The Morgan fingerprint density at radius 2 is 2.15 bits per heavy atom. The summed E-state index contributed by atoms with van der Waals surface area (Å²) in [6, 6.07) is 11.6. The average Bonchev–Trinajstić information content (AvgIpc) is 3.38. The van der Waals surface area contributed by atoms with E-state index in [9.17, 15) is 4.79 Å². The van der Waals surface area contributed by atoms with E-state index in [1.165, 1.54) is 0 Å². The highest BCUT2D eigenvalue weighted by atomic mass is 16.5. The largest absolute Gasteiger partial charge is 0.497 e. The van der Waals surface area contributed by atoms with E-state index < -0.39 is 0 Å². The molecule has 0 unspecified atom stereocenters. The third-order valence-corrected chi connectivity index (χ3v) is 5.06. The number of ether oxygens (including phenoxy) is 1. The van der Waals surface area contributed by atoms with Crippen LogP contribution in [0, 0.1) is 0 Å². The number of hydrogen-bond acceptors (Lipinski definition) is 4. The van der Waals surface area contributed by atoms with Crippen LogP contribution in [0.15, 0.2) is 55.0 Å². The first-order valence-corrected chi connectivity index (χ1v) is 9.12. The fraction of sp³-hybridized carbons (Fsp3) is 0.286. The summed E-state index contributed by atoms with van der Waals surface area (Å²) in [6.07, 6.45) is 7.66. The molecule has 1 atom stereocenters. The van der Waals surface area contributed by atoms with E-state index in [1.54, 1.807) is 19.5 Å². The Kier molecular flexibility index (Phi) is 4.87. The number of hydrogen-bond donors (Lipinski definition) is 1. The minimum atomic E-state index is 0.0220. The Balaban J connectivity index is 1.56. The minimum absolute atomic E-state index is 0.0220. The Labute approximate surface area is 158 Å². The number of amides is 1. The fourth-order valence-corrected chi connectivity index (χ4v) is 3.74. The maximum atomic E-state index is 13.0. The third-order valence-electron chi connectivity index (χ3n) is 5.06. The first-order valence-electron chi connectivity index (χ1n) is 9.12. The first-order chi connectivity index (χ1) is 13.3. The second kappa shape index (κ2) is 7.61. The number of H-pyrrole nitrogens is 1. The minimum Gasteiger partial charge on any atom is -0.497 e. The van der Waals surface area contributed by atoms with Gasteiger partial charge in [-0.3, -0.25) is 14.9 Å². The van der Waals surface area contributed by atoms with Crippen LogP contribution in [0.4, 0.5) is 0 Å². The Morgan fingerprint density at radius 1 is 1.30 bits per heavy atom. The molecule has 138 valence electrons. The number of nitrogens with zero attached hydrogens (tertiary/aromatic N) is 3. The molecule has 6 heteroatoms. The highest BCUT2D eigenvalue weighted by molar-refractivity contribution is 5.80. The Hall–Kier alpha value is -3.15. The van der Waals surface area contributed by atoms with Gasteiger partial charge < -0.3 is 9.64 Å². The van der Waals surface area contributed by atoms with Gasteiger partial charge in [0.15, 0.2) is 0 Å². The van der Waals surface area contributed by atoms with Gasteiger partial charge in [-0.25, -0.2) is 0 Å². The van der Waals surface area contributed by atoms with Crippen LogP contribution in [0.5, 0.6) is 5.75 Å². The summed E-state index contributed by atoms with van der Waals surface area (Å²) < 4.78 is 5.26. The van der Waals surface area contributed by atoms with Gasteiger partial charge in [-0.1, -0.05) is 12.1 Å². The Morgan fingerprint density at radius 3 is 2.96 bits per heavy atom. The van der Waals surface area contributed by atoms with Crippen LogP contribution < -0.4 is 4.74 Å². The summed E-state index contributed by atoms with van der Waals surface area (Å²) in [5.41, 5.74) is 4.05. The van der Waals surface area contributed by atoms with Gasteiger partial charge >= 0.3 is 0 Å². The second-order valence-corrected chi connectivity index (χ2v) is 6.71. The molecule has 2 aromatic heterocycles. The molecule has 6 nitrogen and oxygen atoms in total. The van der Waals surface area contributed by atoms with Crippen molar-refractivity contribution in [3.63, 3.8) is 0 Å². The molecule has 1 aliphatic heterocycles. The summed E-state index contributed by atoms with van der Waals surface area (Å²) in [4.78, 5) is 19.1. The lowest BCUT2D eigenvalue weighted by Crippen LogP contribution is -2.32. The van der Waals surface area contributed by atoms with Gasteiger partial charge in [0.2, 0.25) is 5.91 Å². The van der Waals surface area contributed by atoms with Crippen molar-refractivity contribution in [1.82, 2.24) is 20.1 Å². The molecule has 1 aromatic carbocycles. The number of methoxy groups -OCH3 is 1. The van der Waals surface area contributed by atoms with Crippen LogP contribution in [0.3, 0.4) is 0 Å². The van der Waals surface area contributed by atoms with Crippen LogP contribution in [0.1, 0.15) is 30.1 Å². The summed E-state index contributed by atoms with van der Waals surface area (Å²) in [7, 11) is 1.64. The van der Waals surface area contributed by atoms with Crippen molar-refractivity contribution in [3.8, 4) is 16.9 Å². The number of aromatic amines is 1. The van der Waals surface area contributed by atoms with E-state index in [4.69, 9.17) is 4.74 Å². The van der Waals surface area contributed by atoms with Gasteiger partial charge in [0.25, 0.3) is 0 Å². The van der Waals surface area contributed by atoms with Crippen LogP contribution in [0.2, 0.25) is 0 Å². The second-order valence-electron chi connectivity index (χ2n) is 6.71. The number of carbonyl (C=O) groups is 1. The van der Waals surface area contributed by atoms with E-state index in [2.05, 4.69) is 15.2 Å². The molecule has 0 aliphatic carbocycles. The molecule has 1 amide bonds. The average molecular weight is 362 g/mol. The van der Waals surface area contributed by atoms with Gasteiger partial charge in [-0.15, -0.1) is 0 Å². The standard InChI is InChI=1S/C21H22N4O2/c1-27-17-5-2-4-15(12-17)13-20(26)25-11-3-6-19(25)21-18(14-23-24-21)16-7-9-22-10-8-16/h2,4-5,7-10,12,14,19H,3,6,11,13H2,1H3,(H,23,24)/t19-/m0/s1. The van der Waals surface area contributed by atoms with Gasteiger partial charge in [0, 0.05) is 24.5 Å². The molecule has 1 saturated heterocycles. The number of nitrogens with one attached hydrogen (secondary N) is 1. The first kappa shape index (κ1) is 17.3. The molecule has 1 fully saturated rings. The van der Waals surface area contributed by atoms with Crippen LogP contribution in [-0.4, -0.2) is 39.6 Å². The van der Waals surface area contributed by atoms with Crippen molar-refractivity contribution in [2.45, 2.75) is 25.3 Å². The van der Waals surface area contributed by atoms with Crippen molar-refractivity contribution >= 4 is 5.91 Å². The highest BCUT2D eigenvalue weighted by Crippen LogP contribution is 2.36. The number of benzene rings is 1. The molecular formula is C21H22N4O2. The topological polar surface area (TPSA) is 71.1 Å². The maximum Gasteiger partial charge on any atom is 0.227 e. The predicted octanol–water partition coefficient (Wildman–Crippen LogP) is 3.39. The molecule has 0 bridgehead atoms. The lowest BCUT2D eigenvalue weighted by Gasteiger charge is -2.25. The van der Waals surface area contributed by atoms with Crippen molar-refractivity contribution in [1.29, 1.82) is 0 Å². The van der Waals surface area contributed by atoms with Crippen LogP contribution in [-0.2, 0) is 11.2 Å². The van der Waals surface area contributed by atoms with Gasteiger partial charge in [0.05, 0.1) is 31.5 Å². The van der Waals surface area contributed by atoms with Crippen LogP contribution in [0.25, 0.3) is 11.1 Å². The molecule has 0 radical (unpaired) electrons. The molecule has 1 N–H and O–H groups in total. The van der Waals surface area contributed by atoms with Crippen molar-refractivity contribution < 1.29 is 9.53 Å². The van der Waals surface area contributed by atoms with Crippen LogP contribution >= 0.6 is 0 Å². The number of rotatable bonds is 5.